The lowest BCUT2D eigenvalue weighted by Crippen LogP contribution is -2.39. The van der Waals surface area contributed by atoms with Crippen molar-refractivity contribution in [3.8, 4) is 5.75 Å². The molecule has 7 heteroatoms. The van der Waals surface area contributed by atoms with E-state index in [-0.39, 0.29) is 6.10 Å². The van der Waals surface area contributed by atoms with Crippen LogP contribution >= 0.6 is 11.3 Å². The number of aromatic nitrogens is 1. The number of ether oxygens (including phenoxy) is 1. The number of nitrogens with one attached hydrogen (secondary N) is 2. The third-order valence-electron chi connectivity index (χ3n) is 3.80. The first-order valence-electron chi connectivity index (χ1n) is 9.28. The number of aliphatic hydroxyl groups excluding tert-OH is 1. The Labute approximate surface area is 165 Å². The van der Waals surface area contributed by atoms with Gasteiger partial charge in [-0.1, -0.05) is 12.1 Å². The highest BCUT2D eigenvalue weighted by atomic mass is 32.1. The third-order valence-corrected chi connectivity index (χ3v) is 4.86. The zero-order valence-corrected chi connectivity index (χ0v) is 17.6. The van der Waals surface area contributed by atoms with Gasteiger partial charge in [0.15, 0.2) is 5.96 Å². The molecule has 2 aromatic rings. The lowest BCUT2D eigenvalue weighted by molar-refractivity contribution is 0.179. The van der Waals surface area contributed by atoms with E-state index < -0.39 is 6.10 Å². The Bertz CT molecular complexity index is 758. The van der Waals surface area contributed by atoms with E-state index in [2.05, 4.69) is 20.6 Å². The Balaban J connectivity index is 1.98. The summed E-state index contributed by atoms with van der Waals surface area (Å²) >= 11 is 1.66. The molecule has 1 aromatic carbocycles. The Morgan fingerprint density at radius 2 is 2.07 bits per heavy atom. The van der Waals surface area contributed by atoms with Crippen molar-refractivity contribution in [3.05, 3.63) is 45.4 Å². The highest BCUT2D eigenvalue weighted by molar-refractivity contribution is 7.11. The van der Waals surface area contributed by atoms with Crippen LogP contribution in [0.2, 0.25) is 0 Å². The fourth-order valence-electron chi connectivity index (χ4n) is 2.59. The number of hydrogen-bond acceptors (Lipinski definition) is 5. The molecule has 1 heterocycles. The molecule has 0 spiro atoms. The van der Waals surface area contributed by atoms with Gasteiger partial charge in [-0.25, -0.2) is 9.98 Å². The summed E-state index contributed by atoms with van der Waals surface area (Å²) in [5.41, 5.74) is 1.84. The van der Waals surface area contributed by atoms with Crippen molar-refractivity contribution in [2.24, 2.45) is 4.99 Å². The largest absolute Gasteiger partial charge is 0.491 e. The summed E-state index contributed by atoms with van der Waals surface area (Å²) in [5, 5.41) is 18.0. The van der Waals surface area contributed by atoms with Crippen LogP contribution in [0.5, 0.6) is 5.75 Å². The van der Waals surface area contributed by atoms with Crippen molar-refractivity contribution in [3.63, 3.8) is 0 Å². The minimum absolute atomic E-state index is 0.0989. The molecule has 2 rings (SSSR count). The van der Waals surface area contributed by atoms with E-state index in [4.69, 9.17) is 4.74 Å². The molecule has 1 atom stereocenters. The Morgan fingerprint density at radius 3 is 2.70 bits per heavy atom. The maximum absolute atomic E-state index is 10.5. The maximum Gasteiger partial charge on any atom is 0.191 e. The third kappa shape index (κ3) is 6.84. The second-order valence-corrected chi connectivity index (χ2v) is 7.86. The van der Waals surface area contributed by atoms with Gasteiger partial charge in [-0.3, -0.25) is 0 Å². The van der Waals surface area contributed by atoms with Gasteiger partial charge in [0.25, 0.3) is 0 Å². The molecule has 6 nitrogen and oxygen atoms in total. The molecule has 3 N–H and O–H groups in total. The summed E-state index contributed by atoms with van der Waals surface area (Å²) in [6, 6.07) is 7.56. The predicted octanol–water partition coefficient (Wildman–Crippen LogP) is 3.34. The monoisotopic (exact) mass is 390 g/mol. The van der Waals surface area contributed by atoms with Crippen LogP contribution in [0.1, 0.15) is 48.0 Å². The molecule has 0 fully saturated rings. The first kappa shape index (κ1) is 21.2. The van der Waals surface area contributed by atoms with Crippen LogP contribution in [0.3, 0.4) is 0 Å². The molecular formula is C20H30N4O2S. The van der Waals surface area contributed by atoms with Crippen LogP contribution in [0.15, 0.2) is 29.3 Å². The van der Waals surface area contributed by atoms with Gasteiger partial charge in [-0.05, 0) is 52.3 Å². The second-order valence-electron chi connectivity index (χ2n) is 6.57. The summed E-state index contributed by atoms with van der Waals surface area (Å²) < 4.78 is 5.70. The first-order valence-corrected chi connectivity index (χ1v) is 10.1. The molecule has 27 heavy (non-hydrogen) atoms. The number of thiazole rings is 1. The molecule has 0 aliphatic carbocycles. The number of benzene rings is 1. The number of guanidine groups is 1. The zero-order valence-electron chi connectivity index (χ0n) is 16.7. The van der Waals surface area contributed by atoms with Gasteiger partial charge in [-0.15, -0.1) is 11.3 Å². The van der Waals surface area contributed by atoms with Gasteiger partial charge in [0.2, 0.25) is 0 Å². The van der Waals surface area contributed by atoms with Crippen LogP contribution in [-0.4, -0.2) is 35.2 Å². The van der Waals surface area contributed by atoms with Crippen molar-refractivity contribution < 1.29 is 9.84 Å². The number of aliphatic hydroxyl groups is 1. The van der Waals surface area contributed by atoms with E-state index in [0.29, 0.717) is 19.0 Å². The normalized spacial score (nSPS) is 12.9. The summed E-state index contributed by atoms with van der Waals surface area (Å²) in [5.74, 6) is 1.44. The minimum atomic E-state index is -0.656. The molecule has 0 aliphatic rings. The number of rotatable bonds is 8. The van der Waals surface area contributed by atoms with Crippen LogP contribution in [0.4, 0.5) is 0 Å². The summed E-state index contributed by atoms with van der Waals surface area (Å²) in [6.07, 6.45) is -0.557. The molecule has 1 unspecified atom stereocenters. The topological polar surface area (TPSA) is 78.8 Å². The van der Waals surface area contributed by atoms with E-state index in [1.54, 1.807) is 11.3 Å². The molecule has 1 aromatic heterocycles. The smallest absolute Gasteiger partial charge is 0.191 e. The summed E-state index contributed by atoms with van der Waals surface area (Å²) in [6.45, 7) is 11.7. The van der Waals surface area contributed by atoms with E-state index in [9.17, 15) is 5.11 Å². The maximum atomic E-state index is 10.5. The molecule has 0 aliphatic heterocycles. The SMILES string of the molecule is CCNC(=NCc1sc(C)nc1C)NCC(O)c1cccc(OC(C)C)c1. The van der Waals surface area contributed by atoms with Crippen LogP contribution in [0, 0.1) is 13.8 Å². The molecular weight excluding hydrogens is 360 g/mol. The number of hydrogen-bond donors (Lipinski definition) is 3. The minimum Gasteiger partial charge on any atom is -0.491 e. The summed E-state index contributed by atoms with van der Waals surface area (Å²) in [4.78, 5) is 10.2. The Morgan fingerprint density at radius 1 is 1.30 bits per heavy atom. The fraction of sp³-hybridized carbons (Fsp3) is 0.500. The average molecular weight is 391 g/mol. The molecule has 0 amide bonds. The van der Waals surface area contributed by atoms with Crippen LogP contribution in [0.25, 0.3) is 0 Å². The highest BCUT2D eigenvalue weighted by Crippen LogP contribution is 2.20. The standard InChI is InChI=1S/C20H30N4O2S/c1-6-21-20(23-12-19-14(4)24-15(5)27-19)22-11-18(25)16-8-7-9-17(10-16)26-13(2)3/h7-10,13,18,25H,6,11-12H2,1-5H3,(H2,21,22,23). The van der Waals surface area contributed by atoms with Crippen LogP contribution in [-0.2, 0) is 6.54 Å². The van der Waals surface area contributed by atoms with Crippen molar-refractivity contribution in [2.75, 3.05) is 13.1 Å². The average Bonchev–Trinajstić information content (AvgIpc) is 2.94. The van der Waals surface area contributed by atoms with E-state index in [1.165, 1.54) is 0 Å². The van der Waals surface area contributed by atoms with Crippen molar-refractivity contribution in [1.82, 2.24) is 15.6 Å². The first-order chi connectivity index (χ1) is 12.9. The van der Waals surface area contributed by atoms with Crippen molar-refractivity contribution in [1.29, 1.82) is 0 Å². The molecule has 0 saturated heterocycles. The molecule has 0 radical (unpaired) electrons. The quantitative estimate of drug-likeness (QED) is 0.476. The summed E-state index contributed by atoms with van der Waals surface area (Å²) in [7, 11) is 0. The Hall–Kier alpha value is -2.12. The molecule has 148 valence electrons. The molecule has 0 saturated carbocycles. The van der Waals surface area contributed by atoms with Gasteiger partial charge in [0.1, 0.15) is 5.75 Å². The fourth-order valence-corrected chi connectivity index (χ4v) is 3.45. The zero-order chi connectivity index (χ0) is 19.8. The van der Waals surface area contributed by atoms with E-state index >= 15 is 0 Å². The van der Waals surface area contributed by atoms with Gasteiger partial charge in [0, 0.05) is 18.0 Å². The highest BCUT2D eigenvalue weighted by Gasteiger charge is 2.11. The van der Waals surface area contributed by atoms with Gasteiger partial charge in [-0.2, -0.15) is 0 Å². The molecule has 0 bridgehead atoms. The second kappa shape index (κ2) is 10.3. The number of nitrogens with zero attached hydrogens (tertiary/aromatic N) is 2. The van der Waals surface area contributed by atoms with Gasteiger partial charge >= 0.3 is 0 Å². The number of aryl methyl sites for hydroxylation is 2. The van der Waals surface area contributed by atoms with Crippen molar-refractivity contribution >= 4 is 17.3 Å². The van der Waals surface area contributed by atoms with E-state index in [0.717, 1.165) is 33.4 Å². The van der Waals surface area contributed by atoms with Crippen LogP contribution < -0.4 is 15.4 Å². The predicted molar refractivity (Wildman–Crippen MR) is 112 cm³/mol. The van der Waals surface area contributed by atoms with Gasteiger partial charge in [0.05, 0.1) is 29.5 Å². The lowest BCUT2D eigenvalue weighted by atomic mass is 10.1. The lowest BCUT2D eigenvalue weighted by Gasteiger charge is -2.17. The van der Waals surface area contributed by atoms with Gasteiger partial charge < -0.3 is 20.5 Å². The van der Waals surface area contributed by atoms with Crippen molar-refractivity contribution in [2.45, 2.75) is 53.4 Å². The van der Waals surface area contributed by atoms with E-state index in [1.807, 2.05) is 58.9 Å². The Kier molecular flexibility index (Phi) is 8.06. The number of aliphatic imine (C=N–C) groups is 1.